The Hall–Kier alpha value is -1.83. The second kappa shape index (κ2) is 6.93. The van der Waals surface area contributed by atoms with Crippen LogP contribution in [0.2, 0.25) is 0 Å². The van der Waals surface area contributed by atoms with Gasteiger partial charge in [0.2, 0.25) is 5.91 Å². The Bertz CT molecular complexity index is 458. The number of aromatic nitrogens is 1. The van der Waals surface area contributed by atoms with Crippen molar-refractivity contribution >= 4 is 34.1 Å². The Labute approximate surface area is 115 Å². The molecule has 0 aliphatic heterocycles. The van der Waals surface area contributed by atoms with Gasteiger partial charge in [0.1, 0.15) is 10.7 Å². The number of thiazole rings is 1. The number of nitrogens with zero attached hydrogens (tertiary/aromatic N) is 1. The van der Waals surface area contributed by atoms with E-state index in [2.05, 4.69) is 29.5 Å². The van der Waals surface area contributed by atoms with Crippen LogP contribution >= 0.6 is 11.3 Å². The monoisotopic (exact) mass is 285 g/mol. The lowest BCUT2D eigenvalue weighted by Crippen LogP contribution is -2.27. The summed E-state index contributed by atoms with van der Waals surface area (Å²) in [7, 11) is 0. The molecule has 0 bridgehead atoms. The van der Waals surface area contributed by atoms with E-state index in [4.69, 9.17) is 11.5 Å². The third-order valence-corrected chi connectivity index (χ3v) is 3.21. The van der Waals surface area contributed by atoms with Gasteiger partial charge in [0, 0.05) is 19.5 Å². The lowest BCUT2D eigenvalue weighted by Gasteiger charge is -2.04. The van der Waals surface area contributed by atoms with E-state index in [0.717, 1.165) is 6.54 Å². The molecule has 106 valence electrons. The zero-order chi connectivity index (χ0) is 14.4. The molecule has 0 atom stereocenters. The van der Waals surface area contributed by atoms with Crippen LogP contribution in [-0.2, 0) is 4.79 Å². The van der Waals surface area contributed by atoms with Gasteiger partial charge in [-0.15, -0.1) is 0 Å². The summed E-state index contributed by atoms with van der Waals surface area (Å²) in [5.41, 5.74) is 10.7. The molecular formula is C11H19N5O2S. The highest BCUT2D eigenvalue weighted by Gasteiger charge is 2.16. The van der Waals surface area contributed by atoms with Crippen LogP contribution in [0.5, 0.6) is 0 Å². The fourth-order valence-electron chi connectivity index (χ4n) is 1.24. The van der Waals surface area contributed by atoms with Gasteiger partial charge in [-0.2, -0.15) is 0 Å². The van der Waals surface area contributed by atoms with Crippen molar-refractivity contribution in [1.82, 2.24) is 10.3 Å². The lowest BCUT2D eigenvalue weighted by molar-refractivity contribution is -0.117. The summed E-state index contributed by atoms with van der Waals surface area (Å²) >= 11 is 1.19. The number of primary amides is 1. The Morgan fingerprint density at radius 2 is 2.11 bits per heavy atom. The summed E-state index contributed by atoms with van der Waals surface area (Å²) < 4.78 is 0. The van der Waals surface area contributed by atoms with Crippen molar-refractivity contribution in [3.8, 4) is 0 Å². The average molecular weight is 285 g/mol. The molecule has 0 saturated heterocycles. The molecule has 0 aromatic carbocycles. The predicted molar refractivity (Wildman–Crippen MR) is 76.0 cm³/mol. The molecule has 0 aliphatic carbocycles. The maximum atomic E-state index is 11.8. The number of nitrogens with two attached hydrogens (primary N) is 2. The number of nitrogens with one attached hydrogen (secondary N) is 2. The molecule has 1 aromatic heterocycles. The van der Waals surface area contributed by atoms with Crippen molar-refractivity contribution in [2.75, 3.05) is 24.1 Å². The zero-order valence-electron chi connectivity index (χ0n) is 11.0. The molecule has 2 amide bonds. The summed E-state index contributed by atoms with van der Waals surface area (Å²) in [5.74, 6) is -0.142. The number of amides is 2. The molecule has 0 radical (unpaired) electrons. The van der Waals surface area contributed by atoms with Crippen molar-refractivity contribution in [1.29, 1.82) is 0 Å². The van der Waals surface area contributed by atoms with Gasteiger partial charge in [-0.05, 0) is 5.92 Å². The third kappa shape index (κ3) is 5.12. The molecule has 0 spiro atoms. The highest BCUT2D eigenvalue weighted by molar-refractivity contribution is 7.18. The van der Waals surface area contributed by atoms with Gasteiger partial charge < -0.3 is 22.1 Å². The predicted octanol–water partition coefficient (Wildman–Crippen LogP) is 0.398. The van der Waals surface area contributed by atoms with Gasteiger partial charge >= 0.3 is 0 Å². The molecule has 6 N–H and O–H groups in total. The van der Waals surface area contributed by atoms with Gasteiger partial charge in [-0.1, -0.05) is 25.2 Å². The van der Waals surface area contributed by atoms with E-state index >= 15 is 0 Å². The van der Waals surface area contributed by atoms with Crippen LogP contribution in [0.25, 0.3) is 0 Å². The van der Waals surface area contributed by atoms with Gasteiger partial charge in [0.15, 0.2) is 5.13 Å². The maximum Gasteiger partial charge on any atom is 0.265 e. The van der Waals surface area contributed by atoms with E-state index < -0.39 is 5.91 Å². The summed E-state index contributed by atoms with van der Waals surface area (Å²) in [6.07, 6.45) is 0.100. The van der Waals surface area contributed by atoms with E-state index in [1.807, 2.05) is 0 Å². The fraction of sp³-hybridized carbons (Fsp3) is 0.545. The number of hydrogen-bond donors (Lipinski definition) is 4. The van der Waals surface area contributed by atoms with Crippen LogP contribution in [0.3, 0.4) is 0 Å². The van der Waals surface area contributed by atoms with Crippen LogP contribution in [0.4, 0.5) is 10.9 Å². The molecule has 7 nitrogen and oxygen atoms in total. The van der Waals surface area contributed by atoms with Gasteiger partial charge in [-0.3, -0.25) is 9.59 Å². The van der Waals surface area contributed by atoms with Gasteiger partial charge in [0.05, 0.1) is 0 Å². The minimum atomic E-state index is -0.461. The zero-order valence-corrected chi connectivity index (χ0v) is 11.8. The van der Waals surface area contributed by atoms with Crippen molar-refractivity contribution in [2.45, 2.75) is 20.3 Å². The van der Waals surface area contributed by atoms with Crippen molar-refractivity contribution < 1.29 is 9.59 Å². The maximum absolute atomic E-state index is 11.8. The van der Waals surface area contributed by atoms with Crippen molar-refractivity contribution in [3.63, 3.8) is 0 Å². The van der Waals surface area contributed by atoms with Crippen molar-refractivity contribution in [3.05, 3.63) is 4.88 Å². The quantitative estimate of drug-likeness (QED) is 0.577. The first-order valence-corrected chi connectivity index (χ1v) is 6.78. The number of carbonyl (C=O) groups is 2. The molecule has 0 aliphatic rings. The molecule has 1 heterocycles. The van der Waals surface area contributed by atoms with E-state index in [1.165, 1.54) is 11.3 Å². The Morgan fingerprint density at radius 1 is 1.42 bits per heavy atom. The van der Waals surface area contributed by atoms with Gasteiger partial charge in [-0.25, -0.2) is 4.98 Å². The van der Waals surface area contributed by atoms with Crippen LogP contribution in [0, 0.1) is 5.92 Å². The molecule has 0 unspecified atom stereocenters. The second-order valence-electron chi connectivity index (χ2n) is 4.48. The highest BCUT2D eigenvalue weighted by Crippen LogP contribution is 2.24. The SMILES string of the molecule is CC(C)CNc1nc(N)c(C(=O)NCCC(N)=O)s1. The standard InChI is InChI=1S/C11H19N5O2S/c1-6(2)5-15-11-16-9(13)8(19-11)10(18)14-4-3-7(12)17/h6H,3-5,13H2,1-2H3,(H2,12,17)(H,14,18)(H,15,16). The number of anilines is 2. The molecule has 1 rings (SSSR count). The van der Waals surface area contributed by atoms with E-state index in [-0.39, 0.29) is 24.7 Å². The smallest absolute Gasteiger partial charge is 0.265 e. The molecule has 8 heteroatoms. The third-order valence-electron chi connectivity index (χ3n) is 2.18. The minimum absolute atomic E-state index is 0.100. The summed E-state index contributed by atoms with van der Waals surface area (Å²) in [5, 5.41) is 6.30. The Morgan fingerprint density at radius 3 is 2.68 bits per heavy atom. The van der Waals surface area contributed by atoms with Crippen LogP contribution in [0.1, 0.15) is 29.9 Å². The van der Waals surface area contributed by atoms with Crippen LogP contribution in [-0.4, -0.2) is 29.9 Å². The Balaban J connectivity index is 2.57. The summed E-state index contributed by atoms with van der Waals surface area (Å²) in [6, 6.07) is 0. The lowest BCUT2D eigenvalue weighted by atomic mass is 10.2. The highest BCUT2D eigenvalue weighted by atomic mass is 32.1. The average Bonchev–Trinajstić information content (AvgIpc) is 2.67. The van der Waals surface area contributed by atoms with Crippen molar-refractivity contribution in [2.24, 2.45) is 11.7 Å². The number of carbonyl (C=O) groups excluding carboxylic acids is 2. The van der Waals surface area contributed by atoms with Gasteiger partial charge in [0.25, 0.3) is 5.91 Å². The molecule has 19 heavy (non-hydrogen) atoms. The molecule has 0 saturated carbocycles. The minimum Gasteiger partial charge on any atom is -0.382 e. The number of rotatable bonds is 7. The normalized spacial score (nSPS) is 10.5. The summed E-state index contributed by atoms with van der Waals surface area (Å²) in [6.45, 7) is 5.10. The second-order valence-corrected chi connectivity index (χ2v) is 5.48. The summed E-state index contributed by atoms with van der Waals surface area (Å²) in [4.78, 5) is 26.8. The molecule has 1 aromatic rings. The first-order valence-electron chi connectivity index (χ1n) is 5.96. The van der Waals surface area contributed by atoms with E-state index in [0.29, 0.717) is 15.9 Å². The molecular weight excluding hydrogens is 266 g/mol. The van der Waals surface area contributed by atoms with Crippen LogP contribution < -0.4 is 22.1 Å². The van der Waals surface area contributed by atoms with E-state index in [1.54, 1.807) is 0 Å². The number of nitrogen functional groups attached to an aromatic ring is 1. The van der Waals surface area contributed by atoms with E-state index in [9.17, 15) is 9.59 Å². The topological polar surface area (TPSA) is 123 Å². The molecule has 0 fully saturated rings. The van der Waals surface area contributed by atoms with Crippen LogP contribution in [0.15, 0.2) is 0 Å². The first-order chi connectivity index (χ1) is 8.90. The first kappa shape index (κ1) is 15.2. The number of hydrogen-bond acceptors (Lipinski definition) is 6. The fourth-order valence-corrected chi connectivity index (χ4v) is 2.05. The largest absolute Gasteiger partial charge is 0.382 e. The Kier molecular flexibility index (Phi) is 5.56.